The second-order valence-corrected chi connectivity index (χ2v) is 5.40. The molecule has 0 fully saturated rings. The molecule has 1 unspecified atom stereocenters. The molecule has 4 nitrogen and oxygen atoms in total. The fraction of sp³-hybridized carbons (Fsp3) is 0.167. The van der Waals surface area contributed by atoms with Gasteiger partial charge in [0.25, 0.3) is 0 Å². The van der Waals surface area contributed by atoms with Gasteiger partial charge < -0.3 is 5.73 Å². The van der Waals surface area contributed by atoms with E-state index in [1.165, 1.54) is 17.5 Å². The van der Waals surface area contributed by atoms with Crippen LogP contribution >= 0.6 is 22.9 Å². The predicted octanol–water partition coefficient (Wildman–Crippen LogP) is 2.11. The van der Waals surface area contributed by atoms with Crippen molar-refractivity contribution in [2.24, 2.45) is 5.73 Å². The first-order chi connectivity index (χ1) is 8.66. The number of amides is 1. The lowest BCUT2D eigenvalue weighted by molar-refractivity contribution is -0.120. The van der Waals surface area contributed by atoms with Gasteiger partial charge in [-0.05, 0) is 5.56 Å². The van der Waals surface area contributed by atoms with Gasteiger partial charge in [-0.25, -0.2) is 4.98 Å². The lowest BCUT2D eigenvalue weighted by Crippen LogP contribution is -2.33. The van der Waals surface area contributed by atoms with Gasteiger partial charge in [0.15, 0.2) is 0 Å². The Bertz CT molecular complexity index is 529. The van der Waals surface area contributed by atoms with Crippen LogP contribution in [0.5, 0.6) is 0 Å². The molecule has 1 atom stereocenters. The summed E-state index contributed by atoms with van der Waals surface area (Å²) >= 11 is 7.05. The molecule has 0 spiro atoms. The Labute approximate surface area is 114 Å². The summed E-state index contributed by atoms with van der Waals surface area (Å²) in [6.07, 6.45) is 1.52. The van der Waals surface area contributed by atoms with Crippen molar-refractivity contribution in [3.63, 3.8) is 0 Å². The average Bonchev–Trinajstić information content (AvgIpc) is 2.77. The van der Waals surface area contributed by atoms with Crippen LogP contribution in [0.4, 0.5) is 0 Å². The Hall–Kier alpha value is -1.43. The van der Waals surface area contributed by atoms with E-state index in [1.807, 2.05) is 30.3 Å². The van der Waals surface area contributed by atoms with Crippen molar-refractivity contribution in [1.82, 2.24) is 10.3 Å². The van der Waals surface area contributed by atoms with E-state index in [0.717, 1.165) is 5.56 Å². The monoisotopic (exact) mass is 281 g/mol. The van der Waals surface area contributed by atoms with Crippen molar-refractivity contribution in [2.75, 3.05) is 0 Å². The third-order valence-corrected chi connectivity index (χ3v) is 3.56. The maximum absolute atomic E-state index is 11.4. The first kappa shape index (κ1) is 13.0. The van der Waals surface area contributed by atoms with Crippen LogP contribution in [0.3, 0.4) is 0 Å². The van der Waals surface area contributed by atoms with Crippen LogP contribution in [-0.2, 0) is 11.3 Å². The SMILES string of the molecule is NC(=O)C(NCc1ccccc1)c1ncc(Cl)s1. The van der Waals surface area contributed by atoms with Crippen molar-refractivity contribution in [3.8, 4) is 0 Å². The molecule has 94 valence electrons. The zero-order valence-corrected chi connectivity index (χ0v) is 11.0. The number of carbonyl (C=O) groups is 1. The number of primary amides is 1. The molecular formula is C12H12ClN3OS. The van der Waals surface area contributed by atoms with Crippen molar-refractivity contribution >= 4 is 28.8 Å². The van der Waals surface area contributed by atoms with Gasteiger partial charge in [0.1, 0.15) is 15.4 Å². The van der Waals surface area contributed by atoms with E-state index in [2.05, 4.69) is 10.3 Å². The molecule has 2 aromatic rings. The summed E-state index contributed by atoms with van der Waals surface area (Å²) in [7, 11) is 0. The van der Waals surface area contributed by atoms with Crippen LogP contribution in [0.25, 0.3) is 0 Å². The molecule has 1 aromatic carbocycles. The molecular weight excluding hydrogens is 270 g/mol. The molecule has 0 aliphatic rings. The van der Waals surface area contributed by atoms with E-state index in [4.69, 9.17) is 17.3 Å². The molecule has 0 saturated carbocycles. The number of carbonyl (C=O) groups excluding carboxylic acids is 1. The molecule has 2 rings (SSSR count). The van der Waals surface area contributed by atoms with Crippen LogP contribution in [-0.4, -0.2) is 10.9 Å². The summed E-state index contributed by atoms with van der Waals surface area (Å²) in [5, 5.41) is 3.67. The normalized spacial score (nSPS) is 12.3. The Morgan fingerprint density at radius 2 is 2.17 bits per heavy atom. The first-order valence-electron chi connectivity index (χ1n) is 5.34. The van der Waals surface area contributed by atoms with Gasteiger partial charge in [-0.3, -0.25) is 10.1 Å². The molecule has 1 aromatic heterocycles. The van der Waals surface area contributed by atoms with Crippen molar-refractivity contribution < 1.29 is 4.79 Å². The zero-order valence-electron chi connectivity index (χ0n) is 9.47. The summed E-state index contributed by atoms with van der Waals surface area (Å²) in [5.74, 6) is -0.461. The number of halogens is 1. The third-order valence-electron chi connectivity index (χ3n) is 2.38. The molecule has 0 saturated heterocycles. The molecule has 1 amide bonds. The van der Waals surface area contributed by atoms with Gasteiger partial charge in [0, 0.05) is 6.54 Å². The van der Waals surface area contributed by atoms with Gasteiger partial charge in [-0.15, -0.1) is 11.3 Å². The molecule has 0 aliphatic carbocycles. The first-order valence-corrected chi connectivity index (χ1v) is 6.54. The highest BCUT2D eigenvalue weighted by atomic mass is 35.5. The Kier molecular flexibility index (Phi) is 4.30. The number of nitrogens with zero attached hydrogens (tertiary/aromatic N) is 1. The summed E-state index contributed by atoms with van der Waals surface area (Å²) in [4.78, 5) is 15.5. The molecule has 6 heteroatoms. The zero-order chi connectivity index (χ0) is 13.0. The summed E-state index contributed by atoms with van der Waals surface area (Å²) in [6, 6.07) is 9.16. The number of hydrogen-bond donors (Lipinski definition) is 2. The highest BCUT2D eigenvalue weighted by Crippen LogP contribution is 2.24. The maximum Gasteiger partial charge on any atom is 0.241 e. The molecule has 0 radical (unpaired) electrons. The van der Waals surface area contributed by atoms with E-state index in [-0.39, 0.29) is 0 Å². The minimum atomic E-state index is -0.609. The average molecular weight is 282 g/mol. The number of nitrogens with two attached hydrogens (primary N) is 1. The van der Waals surface area contributed by atoms with Crippen LogP contribution in [0.1, 0.15) is 16.6 Å². The Morgan fingerprint density at radius 3 is 2.72 bits per heavy atom. The van der Waals surface area contributed by atoms with Gasteiger partial charge in [-0.2, -0.15) is 0 Å². The van der Waals surface area contributed by atoms with E-state index >= 15 is 0 Å². The molecule has 0 aliphatic heterocycles. The van der Waals surface area contributed by atoms with Crippen LogP contribution in [0.15, 0.2) is 36.5 Å². The number of rotatable bonds is 5. The second-order valence-electron chi connectivity index (χ2n) is 3.70. The number of aromatic nitrogens is 1. The lowest BCUT2D eigenvalue weighted by atomic mass is 10.2. The predicted molar refractivity (Wildman–Crippen MR) is 72.3 cm³/mol. The van der Waals surface area contributed by atoms with Crippen LogP contribution in [0.2, 0.25) is 4.34 Å². The van der Waals surface area contributed by atoms with Crippen molar-refractivity contribution in [1.29, 1.82) is 0 Å². The second kappa shape index (κ2) is 5.95. The Morgan fingerprint density at radius 1 is 1.44 bits per heavy atom. The summed E-state index contributed by atoms with van der Waals surface area (Å²) < 4.78 is 0.540. The van der Waals surface area contributed by atoms with Crippen molar-refractivity contribution in [3.05, 3.63) is 51.4 Å². The summed E-state index contributed by atoms with van der Waals surface area (Å²) in [6.45, 7) is 0.547. The third kappa shape index (κ3) is 3.29. The highest BCUT2D eigenvalue weighted by Gasteiger charge is 2.20. The van der Waals surface area contributed by atoms with Gasteiger partial charge in [-0.1, -0.05) is 41.9 Å². The molecule has 18 heavy (non-hydrogen) atoms. The minimum absolute atomic E-state index is 0.461. The van der Waals surface area contributed by atoms with E-state index in [1.54, 1.807) is 0 Å². The van der Waals surface area contributed by atoms with Gasteiger partial charge in [0.2, 0.25) is 5.91 Å². The van der Waals surface area contributed by atoms with E-state index in [9.17, 15) is 4.79 Å². The number of hydrogen-bond acceptors (Lipinski definition) is 4. The fourth-order valence-electron chi connectivity index (χ4n) is 1.53. The molecule has 3 N–H and O–H groups in total. The standard InChI is InChI=1S/C12H12ClN3OS/c13-9-7-16-12(18-9)10(11(14)17)15-6-8-4-2-1-3-5-8/h1-5,7,10,15H,6H2,(H2,14,17). The quantitative estimate of drug-likeness (QED) is 0.882. The highest BCUT2D eigenvalue weighted by molar-refractivity contribution is 7.16. The lowest BCUT2D eigenvalue weighted by Gasteiger charge is -2.12. The fourth-order valence-corrected chi connectivity index (χ4v) is 2.54. The van der Waals surface area contributed by atoms with E-state index in [0.29, 0.717) is 15.9 Å². The van der Waals surface area contributed by atoms with Gasteiger partial charge in [0.05, 0.1) is 6.20 Å². The largest absolute Gasteiger partial charge is 0.368 e. The summed E-state index contributed by atoms with van der Waals surface area (Å²) in [5.41, 5.74) is 6.44. The number of nitrogens with one attached hydrogen (secondary N) is 1. The Balaban J connectivity index is 2.06. The minimum Gasteiger partial charge on any atom is -0.368 e. The van der Waals surface area contributed by atoms with Crippen molar-refractivity contribution in [2.45, 2.75) is 12.6 Å². The maximum atomic E-state index is 11.4. The topological polar surface area (TPSA) is 68.0 Å². The number of thiazole rings is 1. The van der Waals surface area contributed by atoms with Crippen LogP contribution in [0, 0.1) is 0 Å². The molecule has 1 heterocycles. The van der Waals surface area contributed by atoms with Gasteiger partial charge >= 0.3 is 0 Å². The van der Waals surface area contributed by atoms with E-state index < -0.39 is 11.9 Å². The smallest absolute Gasteiger partial charge is 0.241 e. The molecule has 0 bridgehead atoms. The number of benzene rings is 1. The van der Waals surface area contributed by atoms with Crippen LogP contribution < -0.4 is 11.1 Å².